The molecule has 35 heavy (non-hydrogen) atoms. The molecule has 4 saturated carbocycles. The van der Waals surface area contributed by atoms with E-state index in [0.29, 0.717) is 6.42 Å². The number of aliphatic hydroxyl groups is 6. The van der Waals surface area contributed by atoms with Gasteiger partial charge in [0, 0.05) is 18.0 Å². The molecule has 2 saturated heterocycles. The number of aromatic nitrogens is 1. The van der Waals surface area contributed by atoms with E-state index in [-0.39, 0.29) is 18.5 Å². The first-order chi connectivity index (χ1) is 16.0. The second-order valence-electron chi connectivity index (χ2n) is 12.4. The molecule has 6 bridgehead atoms. The molecule has 7 rings (SSSR count). The van der Waals surface area contributed by atoms with Crippen molar-refractivity contribution in [1.82, 2.24) is 4.98 Å². The van der Waals surface area contributed by atoms with E-state index in [1.807, 2.05) is 0 Å². The number of rotatable bonds is 3. The largest absolute Gasteiger partial charge is 0.451 e. The average Bonchev–Trinajstić information content (AvgIpc) is 3.41. The smallest absolute Gasteiger partial charge is 0.355 e. The zero-order valence-electron chi connectivity index (χ0n) is 20.6. The Morgan fingerprint density at radius 2 is 1.86 bits per heavy atom. The van der Waals surface area contributed by atoms with Crippen LogP contribution in [0.2, 0.25) is 0 Å². The van der Waals surface area contributed by atoms with Crippen LogP contribution in [0.1, 0.15) is 64.4 Å². The van der Waals surface area contributed by atoms with Gasteiger partial charge in [0.15, 0.2) is 17.5 Å². The van der Waals surface area contributed by atoms with E-state index >= 15 is 0 Å². The number of H-pyrrole nitrogens is 1. The summed E-state index contributed by atoms with van der Waals surface area (Å²) in [5.74, 6) is -4.34. The van der Waals surface area contributed by atoms with E-state index < -0.39 is 74.6 Å². The topological polar surface area (TPSA) is 173 Å². The predicted octanol–water partition coefficient (Wildman–Crippen LogP) is -0.188. The van der Waals surface area contributed by atoms with E-state index in [2.05, 4.69) is 4.98 Å². The fourth-order valence-corrected chi connectivity index (χ4v) is 9.56. The lowest BCUT2D eigenvalue weighted by Crippen LogP contribution is -2.75. The van der Waals surface area contributed by atoms with Crippen molar-refractivity contribution >= 4 is 5.97 Å². The normalized spacial score (nSPS) is 59.8. The highest BCUT2D eigenvalue weighted by atomic mass is 16.7. The Labute approximate surface area is 202 Å². The zero-order chi connectivity index (χ0) is 25.8. The standard InChI is InChI=1S/C25H35NO9/c1-12(2)22(31)17(34-16(28)14-7-6-10-26-14)23(32)18(4)11-21(30)19(22,5)25(23,33)24(35-21)15(27)13(3)8-9-20(18,24)29/h6-7,10,12-13,15,17,26-27,29-33H,8-9,11H2,1-5H3/t13?,15?,17?,18-,19?,20-,21?,22?,23+,24?,25?/m0/s1. The summed E-state index contributed by atoms with van der Waals surface area (Å²) < 4.78 is 12.1. The van der Waals surface area contributed by atoms with Crippen molar-refractivity contribution < 1.29 is 44.9 Å². The fourth-order valence-electron chi connectivity index (χ4n) is 9.56. The van der Waals surface area contributed by atoms with E-state index in [4.69, 9.17) is 9.47 Å². The van der Waals surface area contributed by atoms with Crippen molar-refractivity contribution in [3.63, 3.8) is 0 Å². The molecule has 11 atom stereocenters. The van der Waals surface area contributed by atoms with Gasteiger partial charge in [-0.05, 0) is 43.7 Å². The number of hydrogen-bond acceptors (Lipinski definition) is 9. The molecule has 8 unspecified atom stereocenters. The van der Waals surface area contributed by atoms with Crippen molar-refractivity contribution in [1.29, 1.82) is 0 Å². The number of hydrogen-bond donors (Lipinski definition) is 7. The molecule has 0 aromatic carbocycles. The summed E-state index contributed by atoms with van der Waals surface area (Å²) in [6.45, 7) is 7.91. The highest BCUT2D eigenvalue weighted by Gasteiger charge is 3.10. The van der Waals surface area contributed by atoms with Crippen LogP contribution in [0.25, 0.3) is 0 Å². The molecule has 6 aliphatic rings. The van der Waals surface area contributed by atoms with E-state index in [1.165, 1.54) is 26.1 Å². The van der Waals surface area contributed by atoms with Gasteiger partial charge in [0.25, 0.3) is 0 Å². The molecule has 10 heteroatoms. The van der Waals surface area contributed by atoms with Crippen LogP contribution in [0, 0.1) is 22.7 Å². The van der Waals surface area contributed by atoms with Gasteiger partial charge in [0.2, 0.25) is 0 Å². The Morgan fingerprint density at radius 3 is 2.43 bits per heavy atom. The highest BCUT2D eigenvalue weighted by molar-refractivity contribution is 5.87. The lowest BCUT2D eigenvalue weighted by Gasteiger charge is -2.60. The maximum atomic E-state index is 13.2. The lowest BCUT2D eigenvalue weighted by atomic mass is 9.52. The van der Waals surface area contributed by atoms with Gasteiger partial charge < -0.3 is 45.1 Å². The van der Waals surface area contributed by atoms with Gasteiger partial charge in [0.1, 0.15) is 28.1 Å². The average molecular weight is 494 g/mol. The summed E-state index contributed by atoms with van der Waals surface area (Å²) in [5.41, 5.74) is -15.2. The molecule has 10 nitrogen and oxygen atoms in total. The Hall–Kier alpha value is -1.53. The van der Waals surface area contributed by atoms with Gasteiger partial charge in [-0.2, -0.15) is 0 Å². The SMILES string of the molecule is CC1CC[C@@]2(O)C3(OC4(O)C[C@]2(C)[C@]2(O)C(OC(=O)c5ccc[nH]5)C(O)(C(C)C)C4(C)C32O)C1O. The minimum atomic E-state index is -2.59. The van der Waals surface area contributed by atoms with Crippen LogP contribution in [-0.2, 0) is 9.47 Å². The van der Waals surface area contributed by atoms with Crippen molar-refractivity contribution in [3.8, 4) is 0 Å². The predicted molar refractivity (Wildman–Crippen MR) is 119 cm³/mol. The molecule has 0 amide bonds. The van der Waals surface area contributed by atoms with Crippen molar-refractivity contribution in [2.75, 3.05) is 0 Å². The quantitative estimate of drug-likeness (QED) is 0.282. The summed E-state index contributed by atoms with van der Waals surface area (Å²) in [5, 5.41) is 73.9. The van der Waals surface area contributed by atoms with E-state index in [9.17, 15) is 35.4 Å². The minimum Gasteiger partial charge on any atom is -0.451 e. The second-order valence-corrected chi connectivity index (χ2v) is 12.4. The van der Waals surface area contributed by atoms with Gasteiger partial charge in [-0.15, -0.1) is 0 Å². The van der Waals surface area contributed by atoms with E-state index in [1.54, 1.807) is 26.8 Å². The summed E-state index contributed by atoms with van der Waals surface area (Å²) in [6.07, 6.45) is -1.63. The molecule has 2 aliphatic heterocycles. The number of aromatic amines is 1. The Balaban J connectivity index is 1.69. The summed E-state index contributed by atoms with van der Waals surface area (Å²) in [7, 11) is 0. The summed E-state index contributed by atoms with van der Waals surface area (Å²) in [6, 6.07) is 3.06. The monoisotopic (exact) mass is 493 g/mol. The van der Waals surface area contributed by atoms with Crippen LogP contribution in [0.15, 0.2) is 18.3 Å². The number of carbonyl (C=O) groups excluding carboxylic acids is 1. The maximum absolute atomic E-state index is 13.2. The first-order valence-electron chi connectivity index (χ1n) is 12.4. The molecule has 1 aromatic rings. The van der Waals surface area contributed by atoms with Crippen LogP contribution >= 0.6 is 0 Å². The van der Waals surface area contributed by atoms with Crippen molar-refractivity contribution in [2.24, 2.45) is 22.7 Å². The Kier molecular flexibility index (Phi) is 4.06. The highest BCUT2D eigenvalue weighted by Crippen LogP contribution is 2.90. The summed E-state index contributed by atoms with van der Waals surface area (Å²) >= 11 is 0. The molecule has 0 radical (unpaired) electrons. The number of nitrogens with one attached hydrogen (secondary N) is 1. The van der Waals surface area contributed by atoms with Gasteiger partial charge in [0.05, 0.1) is 11.5 Å². The molecule has 1 aromatic heterocycles. The lowest BCUT2D eigenvalue weighted by molar-refractivity contribution is -0.390. The van der Waals surface area contributed by atoms with E-state index in [0.717, 1.165) is 0 Å². The number of esters is 1. The van der Waals surface area contributed by atoms with Crippen LogP contribution in [-0.4, -0.2) is 87.6 Å². The van der Waals surface area contributed by atoms with Crippen LogP contribution in [0.3, 0.4) is 0 Å². The van der Waals surface area contributed by atoms with Gasteiger partial charge in [-0.25, -0.2) is 4.79 Å². The third kappa shape index (κ3) is 1.74. The molecular formula is C25H35NO9. The number of aliphatic hydroxyl groups excluding tert-OH is 1. The molecular weight excluding hydrogens is 458 g/mol. The Morgan fingerprint density at radius 1 is 1.20 bits per heavy atom. The number of ether oxygens (including phenoxy) is 2. The molecule has 1 spiro atoms. The molecule has 4 aliphatic carbocycles. The van der Waals surface area contributed by atoms with Crippen LogP contribution in [0.5, 0.6) is 0 Å². The maximum Gasteiger partial charge on any atom is 0.355 e. The Bertz CT molecular complexity index is 1130. The summed E-state index contributed by atoms with van der Waals surface area (Å²) in [4.78, 5) is 15.9. The third-order valence-corrected chi connectivity index (χ3v) is 11.3. The first-order valence-corrected chi connectivity index (χ1v) is 12.4. The second kappa shape index (κ2) is 5.96. The fraction of sp³-hybridized carbons (Fsp3) is 0.800. The van der Waals surface area contributed by atoms with Gasteiger partial charge in [-0.1, -0.05) is 27.7 Å². The molecule has 6 fully saturated rings. The minimum absolute atomic E-state index is 0.0654. The van der Waals surface area contributed by atoms with Crippen molar-refractivity contribution in [2.45, 2.75) is 99.9 Å². The van der Waals surface area contributed by atoms with Crippen LogP contribution < -0.4 is 0 Å². The number of carbonyl (C=O) groups is 1. The van der Waals surface area contributed by atoms with Crippen LogP contribution in [0.4, 0.5) is 0 Å². The van der Waals surface area contributed by atoms with Crippen molar-refractivity contribution in [3.05, 3.63) is 24.0 Å². The third-order valence-electron chi connectivity index (χ3n) is 11.3. The van der Waals surface area contributed by atoms with Gasteiger partial charge in [-0.3, -0.25) is 0 Å². The molecule has 7 N–H and O–H groups in total. The molecule has 194 valence electrons. The first kappa shape index (κ1) is 23.8. The zero-order valence-corrected chi connectivity index (χ0v) is 20.6. The van der Waals surface area contributed by atoms with Gasteiger partial charge >= 0.3 is 5.97 Å². The molecule has 3 heterocycles.